The van der Waals surface area contributed by atoms with Crippen LogP contribution in [0.5, 0.6) is 0 Å². The largest absolute Gasteiger partial charge is 0.377 e. The van der Waals surface area contributed by atoms with Crippen LogP contribution >= 0.6 is 0 Å². The summed E-state index contributed by atoms with van der Waals surface area (Å²) in [5.74, 6) is 0. The Balaban J connectivity index is 3.87. The summed E-state index contributed by atoms with van der Waals surface area (Å²) in [5, 5.41) is 37.3. The first-order valence-electron chi connectivity index (χ1n) is 4.84. The standard InChI is InChI=1S/C8H9N5O6/c1-9-6-4(11(14)15)3-5(12(16)17)7(10-2)8(6)13(18)19/h3,9-10H,1-2H3. The van der Waals surface area contributed by atoms with Crippen LogP contribution in [0.1, 0.15) is 0 Å². The van der Waals surface area contributed by atoms with Crippen molar-refractivity contribution in [1.29, 1.82) is 0 Å². The van der Waals surface area contributed by atoms with Gasteiger partial charge in [0.15, 0.2) is 11.4 Å². The third-order valence-electron chi connectivity index (χ3n) is 2.34. The monoisotopic (exact) mass is 271 g/mol. The van der Waals surface area contributed by atoms with Crippen molar-refractivity contribution in [3.8, 4) is 0 Å². The molecule has 2 N–H and O–H groups in total. The molecule has 0 spiro atoms. The number of nitro benzene ring substituents is 3. The van der Waals surface area contributed by atoms with Crippen molar-refractivity contribution >= 4 is 28.4 Å². The topological polar surface area (TPSA) is 153 Å². The smallest absolute Gasteiger partial charge is 0.329 e. The molecule has 19 heavy (non-hydrogen) atoms. The van der Waals surface area contributed by atoms with Crippen LogP contribution < -0.4 is 10.6 Å². The van der Waals surface area contributed by atoms with Gasteiger partial charge in [-0.2, -0.15) is 0 Å². The molecule has 0 saturated heterocycles. The molecule has 0 amide bonds. The van der Waals surface area contributed by atoms with Crippen LogP contribution in [0.15, 0.2) is 6.07 Å². The van der Waals surface area contributed by atoms with E-state index in [-0.39, 0.29) is 0 Å². The van der Waals surface area contributed by atoms with Gasteiger partial charge >= 0.3 is 17.1 Å². The Morgan fingerprint density at radius 1 is 0.842 bits per heavy atom. The lowest BCUT2D eigenvalue weighted by Crippen LogP contribution is -2.07. The number of anilines is 2. The highest BCUT2D eigenvalue weighted by molar-refractivity contribution is 5.89. The lowest BCUT2D eigenvalue weighted by Gasteiger charge is -2.08. The van der Waals surface area contributed by atoms with E-state index in [0.29, 0.717) is 6.07 Å². The Kier molecular flexibility index (Phi) is 3.79. The number of rotatable bonds is 5. The Morgan fingerprint density at radius 3 is 1.42 bits per heavy atom. The maximum absolute atomic E-state index is 11.0. The maximum atomic E-state index is 11.0. The van der Waals surface area contributed by atoms with Gasteiger partial charge < -0.3 is 10.6 Å². The Hall–Kier alpha value is -2.98. The first kappa shape index (κ1) is 14.1. The van der Waals surface area contributed by atoms with Gasteiger partial charge in [-0.1, -0.05) is 0 Å². The van der Waals surface area contributed by atoms with E-state index in [1.54, 1.807) is 0 Å². The van der Waals surface area contributed by atoms with Crippen LogP contribution in [0.4, 0.5) is 28.4 Å². The van der Waals surface area contributed by atoms with Gasteiger partial charge in [-0.25, -0.2) is 0 Å². The molecule has 0 atom stereocenters. The van der Waals surface area contributed by atoms with E-state index in [0.717, 1.165) is 0 Å². The molecule has 0 heterocycles. The molecule has 1 aromatic rings. The highest BCUT2D eigenvalue weighted by atomic mass is 16.6. The van der Waals surface area contributed by atoms with Crippen molar-refractivity contribution in [3.63, 3.8) is 0 Å². The summed E-state index contributed by atoms with van der Waals surface area (Å²) in [5.41, 5.74) is -3.01. The highest BCUT2D eigenvalue weighted by Gasteiger charge is 2.35. The van der Waals surface area contributed by atoms with E-state index >= 15 is 0 Å². The third-order valence-corrected chi connectivity index (χ3v) is 2.34. The quantitative estimate of drug-likeness (QED) is 0.603. The van der Waals surface area contributed by atoms with E-state index in [1.165, 1.54) is 14.1 Å². The normalized spacial score (nSPS) is 9.79. The van der Waals surface area contributed by atoms with Crippen molar-refractivity contribution in [2.45, 2.75) is 0 Å². The number of hydrogen-bond donors (Lipinski definition) is 2. The zero-order chi connectivity index (χ0) is 14.7. The summed E-state index contributed by atoms with van der Waals surface area (Å²) in [6, 6.07) is 0.671. The number of hydrogen-bond acceptors (Lipinski definition) is 8. The van der Waals surface area contributed by atoms with E-state index in [4.69, 9.17) is 0 Å². The number of benzene rings is 1. The summed E-state index contributed by atoms with van der Waals surface area (Å²) < 4.78 is 0. The molecular formula is C8H9N5O6. The fourth-order valence-electron chi connectivity index (χ4n) is 1.60. The fraction of sp³-hybridized carbons (Fsp3) is 0.250. The van der Waals surface area contributed by atoms with Crippen molar-refractivity contribution in [1.82, 2.24) is 0 Å². The molecule has 0 fully saturated rings. The van der Waals surface area contributed by atoms with Gasteiger partial charge in [0.2, 0.25) is 0 Å². The second kappa shape index (κ2) is 5.12. The van der Waals surface area contributed by atoms with Crippen LogP contribution in [-0.4, -0.2) is 28.9 Å². The molecule has 11 nitrogen and oxygen atoms in total. The number of nitro groups is 3. The molecule has 0 aliphatic heterocycles. The zero-order valence-corrected chi connectivity index (χ0v) is 9.87. The summed E-state index contributed by atoms with van der Waals surface area (Å²) >= 11 is 0. The molecule has 0 radical (unpaired) electrons. The summed E-state index contributed by atoms with van der Waals surface area (Å²) in [7, 11) is 2.50. The Bertz CT molecular complexity index is 531. The van der Waals surface area contributed by atoms with Gasteiger partial charge in [0.05, 0.1) is 20.8 Å². The molecule has 0 saturated carbocycles. The van der Waals surface area contributed by atoms with Gasteiger partial charge in [-0.05, 0) is 0 Å². The van der Waals surface area contributed by atoms with Gasteiger partial charge in [0.25, 0.3) is 0 Å². The van der Waals surface area contributed by atoms with Crippen molar-refractivity contribution in [2.24, 2.45) is 0 Å². The molecule has 1 rings (SSSR count). The SMILES string of the molecule is CNc1c([N+](=O)[O-])cc([N+](=O)[O-])c(NC)c1[N+](=O)[O-]. The Morgan fingerprint density at radius 2 is 1.21 bits per heavy atom. The van der Waals surface area contributed by atoms with Crippen LogP contribution in [0.2, 0.25) is 0 Å². The lowest BCUT2D eigenvalue weighted by molar-refractivity contribution is -0.400. The minimum Gasteiger partial charge on any atom is -0.377 e. The summed E-state index contributed by atoms with van der Waals surface area (Å²) in [6.07, 6.45) is 0. The van der Waals surface area contributed by atoms with Gasteiger partial charge in [-0.3, -0.25) is 30.3 Å². The second-order valence-corrected chi connectivity index (χ2v) is 3.28. The van der Waals surface area contributed by atoms with E-state index in [2.05, 4.69) is 10.6 Å². The average Bonchev–Trinajstić information content (AvgIpc) is 2.35. The van der Waals surface area contributed by atoms with Crippen LogP contribution in [0, 0.1) is 30.3 Å². The summed E-state index contributed by atoms with van der Waals surface area (Å²) in [4.78, 5) is 29.9. The van der Waals surface area contributed by atoms with Crippen molar-refractivity contribution in [3.05, 3.63) is 36.4 Å². The van der Waals surface area contributed by atoms with E-state index < -0.39 is 43.2 Å². The highest BCUT2D eigenvalue weighted by Crippen LogP contribution is 2.45. The molecule has 0 aromatic heterocycles. The zero-order valence-electron chi connectivity index (χ0n) is 9.87. The molecule has 1 aromatic carbocycles. The summed E-state index contributed by atoms with van der Waals surface area (Å²) in [6.45, 7) is 0. The fourth-order valence-corrected chi connectivity index (χ4v) is 1.60. The van der Waals surface area contributed by atoms with Gasteiger partial charge in [0.1, 0.15) is 0 Å². The van der Waals surface area contributed by atoms with Crippen LogP contribution in [-0.2, 0) is 0 Å². The molecule has 0 aliphatic carbocycles. The predicted molar refractivity (Wildman–Crippen MR) is 65.5 cm³/mol. The van der Waals surface area contributed by atoms with E-state index in [9.17, 15) is 30.3 Å². The van der Waals surface area contributed by atoms with Crippen molar-refractivity contribution < 1.29 is 14.8 Å². The molecular weight excluding hydrogens is 262 g/mol. The molecule has 0 unspecified atom stereocenters. The molecule has 0 aliphatic rings. The lowest BCUT2D eigenvalue weighted by atomic mass is 10.1. The predicted octanol–water partition coefficient (Wildman–Crippen LogP) is 1.49. The third kappa shape index (κ3) is 2.34. The van der Waals surface area contributed by atoms with E-state index in [1.807, 2.05) is 0 Å². The van der Waals surface area contributed by atoms with Crippen LogP contribution in [0.25, 0.3) is 0 Å². The van der Waals surface area contributed by atoms with Crippen molar-refractivity contribution in [2.75, 3.05) is 24.7 Å². The minimum atomic E-state index is -0.925. The number of nitrogens with zero attached hydrogens (tertiary/aromatic N) is 3. The first-order valence-corrected chi connectivity index (χ1v) is 4.84. The molecule has 11 heteroatoms. The molecule has 0 bridgehead atoms. The van der Waals surface area contributed by atoms with Crippen LogP contribution in [0.3, 0.4) is 0 Å². The first-order chi connectivity index (χ1) is 8.84. The van der Waals surface area contributed by atoms with Gasteiger partial charge in [-0.15, -0.1) is 0 Å². The number of nitrogens with one attached hydrogen (secondary N) is 2. The minimum absolute atomic E-state index is 0.398. The van der Waals surface area contributed by atoms with Gasteiger partial charge in [0, 0.05) is 14.1 Å². The average molecular weight is 271 g/mol. The maximum Gasteiger partial charge on any atom is 0.329 e. The Labute approximate surface area is 105 Å². The molecule has 102 valence electrons. The second-order valence-electron chi connectivity index (χ2n) is 3.28.